The number of aromatic nitrogens is 2. The second-order valence-electron chi connectivity index (χ2n) is 9.95. The van der Waals surface area contributed by atoms with Gasteiger partial charge in [-0.2, -0.15) is 0 Å². The number of hydrogen-bond acceptors (Lipinski definition) is 6. The Labute approximate surface area is 223 Å². The van der Waals surface area contributed by atoms with Gasteiger partial charge in [-0.3, -0.25) is 10.8 Å². The van der Waals surface area contributed by atoms with E-state index in [4.69, 9.17) is 30.6 Å². The van der Waals surface area contributed by atoms with E-state index in [0.29, 0.717) is 23.8 Å². The summed E-state index contributed by atoms with van der Waals surface area (Å²) in [6.07, 6.45) is 6.74. The minimum atomic E-state index is -0.513. The summed E-state index contributed by atoms with van der Waals surface area (Å²) in [6.45, 7) is 8.04. The molecule has 0 aliphatic carbocycles. The molecule has 10 heteroatoms. The Kier molecular flexibility index (Phi) is 7.84. The van der Waals surface area contributed by atoms with Gasteiger partial charge in [0.05, 0.1) is 17.6 Å². The quantitative estimate of drug-likeness (QED) is 0.252. The van der Waals surface area contributed by atoms with Crippen LogP contribution in [0.15, 0.2) is 84.1 Å². The highest BCUT2D eigenvalue weighted by Crippen LogP contribution is 2.36. The molecule has 5 N–H and O–H groups in total. The lowest BCUT2D eigenvalue weighted by molar-refractivity contribution is -0.113. The Morgan fingerprint density at radius 1 is 1.03 bits per heavy atom. The van der Waals surface area contributed by atoms with E-state index in [1.54, 1.807) is 24.5 Å². The number of benzene rings is 2. The lowest BCUT2D eigenvalue weighted by atomic mass is 9.81. The van der Waals surface area contributed by atoms with Crippen LogP contribution in [0.1, 0.15) is 33.3 Å². The molecule has 2 aromatic carbocycles. The molecule has 0 amide bonds. The zero-order chi connectivity index (χ0) is 27.3. The summed E-state index contributed by atoms with van der Waals surface area (Å²) in [7, 11) is -0.513. The molecule has 0 atom stereocenters. The predicted molar refractivity (Wildman–Crippen MR) is 149 cm³/mol. The average Bonchev–Trinajstić information content (AvgIpc) is 3.10. The normalized spacial score (nSPS) is 16.5. The third-order valence-corrected chi connectivity index (χ3v) is 6.42. The van der Waals surface area contributed by atoms with Crippen molar-refractivity contribution < 1.29 is 19.5 Å². The molecule has 9 nitrogen and oxygen atoms in total. The van der Waals surface area contributed by atoms with Crippen LogP contribution in [0.5, 0.6) is 5.75 Å². The van der Waals surface area contributed by atoms with Crippen LogP contribution in [0.3, 0.4) is 0 Å². The van der Waals surface area contributed by atoms with Crippen LogP contribution in [0.4, 0.5) is 0 Å². The number of amidine groups is 2. The number of nitrogens with one attached hydrogen (secondary N) is 1. The molecule has 2 heterocycles. The zero-order valence-corrected chi connectivity index (χ0v) is 22.0. The summed E-state index contributed by atoms with van der Waals surface area (Å²) in [5, 5.41) is 13.9. The number of para-hydroxylation sites is 1. The highest BCUT2D eigenvalue weighted by atomic mass is 16.7. The van der Waals surface area contributed by atoms with Crippen molar-refractivity contribution in [3.63, 3.8) is 0 Å². The maximum absolute atomic E-state index is 7.90. The molecule has 194 valence electrons. The largest absolute Gasteiger partial charge is 0.498 e. The van der Waals surface area contributed by atoms with Crippen LogP contribution < -0.4 is 21.3 Å². The van der Waals surface area contributed by atoms with Crippen molar-refractivity contribution in [2.24, 2.45) is 10.7 Å². The summed E-state index contributed by atoms with van der Waals surface area (Å²) in [6, 6.07) is 16.8. The Hall–Kier alpha value is -4.15. The fourth-order valence-electron chi connectivity index (χ4n) is 3.67. The van der Waals surface area contributed by atoms with E-state index in [1.165, 1.54) is 12.2 Å². The van der Waals surface area contributed by atoms with Gasteiger partial charge in [0.2, 0.25) is 11.7 Å². The monoisotopic (exact) mass is 511 g/mol. The number of hydrogen-bond donors (Lipinski definition) is 3. The van der Waals surface area contributed by atoms with Crippen molar-refractivity contribution in [1.29, 1.82) is 5.41 Å². The maximum Gasteiger partial charge on any atom is 0.498 e. The molecule has 1 saturated heterocycles. The molecule has 38 heavy (non-hydrogen) atoms. The van der Waals surface area contributed by atoms with Crippen LogP contribution in [0.25, 0.3) is 11.4 Å². The molecule has 3 aromatic rings. The fourth-order valence-corrected chi connectivity index (χ4v) is 3.67. The van der Waals surface area contributed by atoms with Crippen molar-refractivity contribution in [3.05, 3.63) is 84.7 Å². The fraction of sp³-hybridized carbons (Fsp3) is 0.250. The molecular weight excluding hydrogens is 479 g/mol. The maximum atomic E-state index is 7.90. The van der Waals surface area contributed by atoms with Crippen molar-refractivity contribution in [2.75, 3.05) is 0 Å². The van der Waals surface area contributed by atoms with E-state index in [2.05, 4.69) is 15.0 Å². The molecule has 4 rings (SSSR count). The van der Waals surface area contributed by atoms with Crippen LogP contribution in [0, 0.1) is 5.41 Å². The Balaban J connectivity index is 1.37. The second kappa shape index (κ2) is 11.1. The summed E-state index contributed by atoms with van der Waals surface area (Å²) >= 11 is 0. The van der Waals surface area contributed by atoms with Gasteiger partial charge in [-0.15, -0.1) is 0 Å². The summed E-state index contributed by atoms with van der Waals surface area (Å²) in [5.41, 5.74) is 7.81. The summed E-state index contributed by atoms with van der Waals surface area (Å²) in [4.78, 5) is 13.3. The van der Waals surface area contributed by atoms with Crippen LogP contribution in [-0.4, -0.2) is 45.9 Å². The van der Waals surface area contributed by atoms with Gasteiger partial charge >= 0.3 is 13.0 Å². The highest BCUT2D eigenvalue weighted by Gasteiger charge is 2.51. The number of nitrogens with zero attached hydrogens (tertiary/aromatic N) is 3. The van der Waals surface area contributed by atoms with E-state index < -0.39 is 18.3 Å². The van der Waals surface area contributed by atoms with Gasteiger partial charge < -0.3 is 19.8 Å². The van der Waals surface area contributed by atoms with Crippen molar-refractivity contribution in [3.8, 4) is 17.1 Å². The molecule has 0 unspecified atom stereocenters. The zero-order valence-electron chi connectivity index (χ0n) is 22.0. The van der Waals surface area contributed by atoms with Gasteiger partial charge in [0.15, 0.2) is 5.82 Å². The van der Waals surface area contributed by atoms with E-state index in [-0.39, 0.29) is 11.7 Å². The SMILES string of the molecule is CC1(C)OB(c2cnc(-c3cccc(CC(N)=NC(=[NH2+])/C=C\C(=N)Oc4ccccc4)c3)nc2)OC1(C)C. The third kappa shape index (κ3) is 6.59. The molecule has 0 spiro atoms. The average molecular weight is 511 g/mol. The second-order valence-corrected chi connectivity index (χ2v) is 9.95. The van der Waals surface area contributed by atoms with Gasteiger partial charge in [0.25, 0.3) is 0 Å². The van der Waals surface area contributed by atoms with Gasteiger partial charge in [-0.1, -0.05) is 36.4 Å². The first kappa shape index (κ1) is 26.9. The van der Waals surface area contributed by atoms with E-state index >= 15 is 0 Å². The lowest BCUT2D eigenvalue weighted by Gasteiger charge is -2.32. The third-order valence-electron chi connectivity index (χ3n) is 6.42. The molecule has 1 fully saturated rings. The van der Waals surface area contributed by atoms with E-state index in [0.717, 1.165) is 16.6 Å². The lowest BCUT2D eigenvalue weighted by Crippen LogP contribution is -2.41. The first-order chi connectivity index (χ1) is 18.0. The minimum Gasteiger partial charge on any atom is -0.440 e. The first-order valence-electron chi connectivity index (χ1n) is 12.2. The minimum absolute atomic E-state index is 0.0647. The Morgan fingerprint density at radius 2 is 1.68 bits per heavy atom. The topological polar surface area (TPSA) is 141 Å². The van der Waals surface area contributed by atoms with Gasteiger partial charge in [0, 0.05) is 35.6 Å². The Morgan fingerprint density at radius 3 is 2.34 bits per heavy atom. The number of ether oxygens (including phenoxy) is 1. The molecule has 0 radical (unpaired) electrons. The Bertz CT molecular complexity index is 1350. The standard InChI is InChI=1S/C28H31BN6O3/c1-27(2)28(3,4)38-29(37-27)21-17-33-26(34-18-21)20-10-8-9-19(15-20)16-24(31)35-23(30)13-14-25(32)36-22-11-6-5-7-12-22/h5-15,17-18,32H,16H2,1-4H3,(H3,30,31,35)/p+1/b14-13-,32-25?. The molecule has 0 bridgehead atoms. The van der Waals surface area contributed by atoms with E-state index in [1.807, 2.05) is 70.2 Å². The predicted octanol–water partition coefficient (Wildman–Crippen LogP) is 2.11. The molecule has 1 aliphatic rings. The molecule has 0 saturated carbocycles. The number of aliphatic imine (C=N–C) groups is 1. The highest BCUT2D eigenvalue weighted by molar-refractivity contribution is 6.61. The van der Waals surface area contributed by atoms with Crippen molar-refractivity contribution in [2.45, 2.75) is 45.3 Å². The van der Waals surface area contributed by atoms with Gasteiger partial charge in [-0.05, 0) is 56.4 Å². The van der Waals surface area contributed by atoms with Crippen LogP contribution >= 0.6 is 0 Å². The van der Waals surface area contributed by atoms with Gasteiger partial charge in [-0.25, -0.2) is 9.97 Å². The van der Waals surface area contributed by atoms with Crippen LogP contribution in [-0.2, 0) is 15.7 Å². The van der Waals surface area contributed by atoms with Gasteiger partial charge in [0.1, 0.15) is 5.75 Å². The molecule has 1 aromatic heterocycles. The summed E-state index contributed by atoms with van der Waals surface area (Å²) < 4.78 is 17.6. The van der Waals surface area contributed by atoms with Crippen molar-refractivity contribution in [1.82, 2.24) is 9.97 Å². The number of nitrogens with two attached hydrogens (primary N) is 2. The number of rotatable bonds is 7. The smallest absolute Gasteiger partial charge is 0.440 e. The molecular formula is C28H32BN6O3+. The summed E-state index contributed by atoms with van der Waals surface area (Å²) in [5.74, 6) is 1.58. The van der Waals surface area contributed by atoms with E-state index in [9.17, 15) is 0 Å². The van der Waals surface area contributed by atoms with Crippen molar-refractivity contribution >= 4 is 30.2 Å². The van der Waals surface area contributed by atoms with Crippen LogP contribution in [0.2, 0.25) is 0 Å². The first-order valence-corrected chi connectivity index (χ1v) is 12.2. The molecule has 1 aliphatic heterocycles.